The van der Waals surface area contributed by atoms with E-state index < -0.39 is 0 Å². The minimum Gasteiger partial charge on any atom is -0.236 e. The Hall–Kier alpha value is -0.560. The van der Waals surface area contributed by atoms with Crippen molar-refractivity contribution < 1.29 is 5.11 Å². The van der Waals surface area contributed by atoms with Gasteiger partial charge >= 0.3 is 0 Å². The van der Waals surface area contributed by atoms with Crippen LogP contribution in [0.5, 0.6) is 0 Å². The summed E-state index contributed by atoms with van der Waals surface area (Å²) in [6.07, 6.45) is 7.94. The average molecular weight is 207 g/mol. The van der Waals surface area contributed by atoms with Crippen molar-refractivity contribution in [3.63, 3.8) is 0 Å². The molecule has 0 aliphatic heterocycles. The third-order valence-electron chi connectivity index (χ3n) is 3.38. The molecule has 1 aliphatic carbocycles. The first-order chi connectivity index (χ1) is 6.97. The Morgan fingerprint density at radius 2 is 2.20 bits per heavy atom. The molecule has 1 aliphatic rings. The number of allylic oxidation sites excluding steroid dienone is 4. The summed E-state index contributed by atoms with van der Waals surface area (Å²) in [4.78, 5) is 0. The van der Waals surface area contributed by atoms with Crippen molar-refractivity contribution in [2.75, 3.05) is 6.61 Å². The van der Waals surface area contributed by atoms with Crippen molar-refractivity contribution in [2.45, 2.75) is 47.0 Å². The van der Waals surface area contributed by atoms with E-state index in [-0.39, 0.29) is 12.5 Å². The molecule has 0 amide bonds. The maximum absolute atomic E-state index is 10.7. The van der Waals surface area contributed by atoms with Gasteiger partial charge in [0.1, 0.15) is 0 Å². The summed E-state index contributed by atoms with van der Waals surface area (Å²) < 4.78 is 0. The first-order valence-corrected chi connectivity index (χ1v) is 5.93. The first kappa shape index (κ1) is 12.5. The van der Waals surface area contributed by atoms with Gasteiger partial charge in [-0.25, -0.2) is 5.11 Å². The molecule has 0 heterocycles. The molecule has 0 aromatic heterocycles. The molecule has 1 rings (SSSR count). The van der Waals surface area contributed by atoms with Crippen molar-refractivity contribution in [2.24, 2.45) is 11.3 Å². The zero-order chi connectivity index (χ0) is 11.5. The molecule has 1 heteroatoms. The van der Waals surface area contributed by atoms with Gasteiger partial charge in [0, 0.05) is 0 Å². The first-order valence-electron chi connectivity index (χ1n) is 5.93. The molecule has 1 radical (unpaired) electrons. The van der Waals surface area contributed by atoms with Crippen molar-refractivity contribution >= 4 is 0 Å². The number of hydrogen-bond acceptors (Lipinski definition) is 0. The lowest BCUT2D eigenvalue weighted by atomic mass is 9.72. The van der Waals surface area contributed by atoms with E-state index in [1.165, 1.54) is 24.0 Å². The fourth-order valence-corrected chi connectivity index (χ4v) is 2.25. The highest BCUT2D eigenvalue weighted by Gasteiger charge is 2.26. The summed E-state index contributed by atoms with van der Waals surface area (Å²) in [5.74, 6) is 0.267. The summed E-state index contributed by atoms with van der Waals surface area (Å²) in [7, 11) is 0. The summed E-state index contributed by atoms with van der Waals surface area (Å²) in [6.45, 7) is 8.86. The van der Waals surface area contributed by atoms with Crippen LogP contribution in [-0.4, -0.2) is 6.61 Å². The van der Waals surface area contributed by atoms with Crippen LogP contribution < -0.4 is 0 Å². The Balaban J connectivity index is 2.79. The van der Waals surface area contributed by atoms with Gasteiger partial charge in [0.2, 0.25) is 0 Å². The van der Waals surface area contributed by atoms with Gasteiger partial charge in [0.25, 0.3) is 0 Å². The summed E-state index contributed by atoms with van der Waals surface area (Å²) in [5.41, 5.74) is 3.15. The molecule has 0 aromatic carbocycles. The predicted molar refractivity (Wildman–Crippen MR) is 64.2 cm³/mol. The predicted octanol–water partition coefficient (Wildman–Crippen LogP) is 4.14. The van der Waals surface area contributed by atoms with Crippen LogP contribution in [0, 0.1) is 11.3 Å². The van der Waals surface area contributed by atoms with Crippen LogP contribution in [0.2, 0.25) is 0 Å². The van der Waals surface area contributed by atoms with Crippen molar-refractivity contribution in [3.05, 3.63) is 23.3 Å². The van der Waals surface area contributed by atoms with E-state index >= 15 is 0 Å². The van der Waals surface area contributed by atoms with Crippen molar-refractivity contribution in [1.29, 1.82) is 0 Å². The minimum atomic E-state index is 0.0347. The lowest BCUT2D eigenvalue weighted by molar-refractivity contribution is 0.152. The Bertz CT molecular complexity index is 271. The van der Waals surface area contributed by atoms with Gasteiger partial charge in [0.15, 0.2) is 0 Å². The average Bonchev–Trinajstić information content (AvgIpc) is 2.15. The van der Waals surface area contributed by atoms with Gasteiger partial charge in [-0.3, -0.25) is 0 Å². The summed E-state index contributed by atoms with van der Waals surface area (Å²) >= 11 is 0. The largest absolute Gasteiger partial charge is 0.236 e. The Labute approximate surface area is 93.9 Å². The van der Waals surface area contributed by atoms with E-state index in [0.29, 0.717) is 5.41 Å². The zero-order valence-corrected chi connectivity index (χ0v) is 10.5. The Morgan fingerprint density at radius 3 is 2.73 bits per heavy atom. The molecule has 0 fully saturated rings. The normalized spacial score (nSPS) is 25.1. The van der Waals surface area contributed by atoms with Gasteiger partial charge in [-0.1, -0.05) is 38.5 Å². The van der Waals surface area contributed by atoms with Gasteiger partial charge in [-0.2, -0.15) is 0 Å². The molecule has 85 valence electrons. The highest BCUT2D eigenvalue weighted by Crippen LogP contribution is 2.40. The van der Waals surface area contributed by atoms with Crippen LogP contribution in [0.4, 0.5) is 0 Å². The summed E-state index contributed by atoms with van der Waals surface area (Å²) in [5, 5.41) is 10.7. The van der Waals surface area contributed by atoms with Crippen molar-refractivity contribution in [1.82, 2.24) is 0 Å². The van der Waals surface area contributed by atoms with Crippen LogP contribution >= 0.6 is 0 Å². The van der Waals surface area contributed by atoms with E-state index in [9.17, 15) is 5.11 Å². The molecular weight excluding hydrogens is 184 g/mol. The molecule has 1 nitrogen and oxygen atoms in total. The fraction of sp³-hybridized carbons (Fsp3) is 0.714. The molecule has 15 heavy (non-hydrogen) atoms. The van der Waals surface area contributed by atoms with Gasteiger partial charge in [-0.05, 0) is 43.1 Å². The molecule has 1 unspecified atom stereocenters. The summed E-state index contributed by atoms with van der Waals surface area (Å²) in [6, 6.07) is 0. The molecule has 0 spiro atoms. The van der Waals surface area contributed by atoms with Crippen LogP contribution in [0.15, 0.2) is 23.3 Å². The second-order valence-corrected chi connectivity index (χ2v) is 5.44. The van der Waals surface area contributed by atoms with Crippen LogP contribution in [0.1, 0.15) is 47.0 Å². The smallest absolute Gasteiger partial charge is 0.0850 e. The van der Waals surface area contributed by atoms with Crippen molar-refractivity contribution in [3.8, 4) is 0 Å². The van der Waals surface area contributed by atoms with Gasteiger partial charge in [-0.15, -0.1) is 0 Å². The molecule has 0 N–H and O–H groups in total. The zero-order valence-electron chi connectivity index (χ0n) is 10.5. The maximum atomic E-state index is 10.7. The van der Waals surface area contributed by atoms with Crippen LogP contribution in [-0.2, 0) is 5.11 Å². The van der Waals surface area contributed by atoms with E-state index in [1.54, 1.807) is 0 Å². The molecule has 0 aromatic rings. The Morgan fingerprint density at radius 1 is 1.53 bits per heavy atom. The lowest BCUT2D eigenvalue weighted by Gasteiger charge is -2.32. The quantitative estimate of drug-likeness (QED) is 0.663. The standard InChI is InChI=1S/C14H23O/c1-11(10-15)7-8-13-12(2)6-5-9-14(13,3)4/h6,8,11H,5,7,9-10H2,1-4H3/b13-8-. The molecule has 1 atom stereocenters. The van der Waals surface area contributed by atoms with Gasteiger partial charge in [0.05, 0.1) is 6.61 Å². The SMILES string of the molecule is CC1=CCCC(C)(C)/C1=C\CC(C)C[O]. The minimum absolute atomic E-state index is 0.0347. The highest BCUT2D eigenvalue weighted by atomic mass is 16.3. The van der Waals surface area contributed by atoms with E-state index in [4.69, 9.17) is 0 Å². The third kappa shape index (κ3) is 3.20. The number of hydrogen-bond donors (Lipinski definition) is 0. The maximum Gasteiger partial charge on any atom is 0.0850 e. The molecule has 0 saturated carbocycles. The monoisotopic (exact) mass is 207 g/mol. The topological polar surface area (TPSA) is 19.9 Å². The number of rotatable bonds is 3. The van der Waals surface area contributed by atoms with E-state index in [2.05, 4.69) is 32.9 Å². The molecular formula is C14H23O. The second kappa shape index (κ2) is 4.98. The van der Waals surface area contributed by atoms with E-state index in [0.717, 1.165) is 6.42 Å². The Kier molecular flexibility index (Phi) is 4.15. The molecule has 0 saturated heterocycles. The van der Waals surface area contributed by atoms with Crippen LogP contribution in [0.25, 0.3) is 0 Å². The van der Waals surface area contributed by atoms with Crippen LogP contribution in [0.3, 0.4) is 0 Å². The van der Waals surface area contributed by atoms with Gasteiger partial charge < -0.3 is 0 Å². The van der Waals surface area contributed by atoms with E-state index in [1.807, 2.05) is 6.92 Å². The third-order valence-corrected chi connectivity index (χ3v) is 3.38. The molecule has 0 bridgehead atoms. The lowest BCUT2D eigenvalue weighted by Crippen LogP contribution is -2.19. The highest BCUT2D eigenvalue weighted by molar-refractivity contribution is 5.36. The fourth-order valence-electron chi connectivity index (χ4n) is 2.25. The second-order valence-electron chi connectivity index (χ2n) is 5.44.